The number of nitrogens with one attached hydrogen (secondary N) is 1. The molecular formula is C21H24ClNO4S. The minimum absolute atomic E-state index is 0.121. The standard InChI is InChI=1S/C21H24ClNO4S/c1-4-9-27-21(25)16-7-5-15(6-8-16)12-28-13-20(24)23-18-10-14(2)17(22)11-19(18)26-3/h5-8,10-11H,4,9,12-13H2,1-3H3,(H,23,24). The molecule has 28 heavy (non-hydrogen) atoms. The zero-order chi connectivity index (χ0) is 20.5. The summed E-state index contributed by atoms with van der Waals surface area (Å²) in [5.74, 6) is 1.05. The van der Waals surface area contributed by atoms with Gasteiger partial charge in [0.25, 0.3) is 0 Å². The topological polar surface area (TPSA) is 64.6 Å². The van der Waals surface area contributed by atoms with E-state index in [0.717, 1.165) is 17.5 Å². The van der Waals surface area contributed by atoms with Gasteiger partial charge in [0.05, 0.1) is 30.7 Å². The van der Waals surface area contributed by atoms with Crippen molar-refractivity contribution in [1.29, 1.82) is 0 Å². The Morgan fingerprint density at radius 3 is 2.54 bits per heavy atom. The summed E-state index contributed by atoms with van der Waals surface area (Å²) in [5.41, 5.74) is 3.03. The molecule has 2 rings (SSSR count). The lowest BCUT2D eigenvalue weighted by atomic mass is 10.1. The van der Waals surface area contributed by atoms with Crippen molar-refractivity contribution in [2.45, 2.75) is 26.0 Å². The highest BCUT2D eigenvalue weighted by Crippen LogP contribution is 2.31. The smallest absolute Gasteiger partial charge is 0.338 e. The summed E-state index contributed by atoms with van der Waals surface area (Å²) in [6.45, 7) is 4.24. The zero-order valence-electron chi connectivity index (χ0n) is 16.2. The van der Waals surface area contributed by atoms with Gasteiger partial charge in [-0.25, -0.2) is 4.79 Å². The van der Waals surface area contributed by atoms with Gasteiger partial charge < -0.3 is 14.8 Å². The second-order valence-electron chi connectivity index (χ2n) is 6.18. The molecule has 7 heteroatoms. The number of thioether (sulfide) groups is 1. The molecule has 0 aliphatic heterocycles. The van der Waals surface area contributed by atoms with Crippen LogP contribution in [0, 0.1) is 6.92 Å². The van der Waals surface area contributed by atoms with Crippen LogP contribution in [0.3, 0.4) is 0 Å². The summed E-state index contributed by atoms with van der Waals surface area (Å²) in [7, 11) is 1.53. The van der Waals surface area contributed by atoms with Crippen LogP contribution in [0.1, 0.15) is 34.8 Å². The fourth-order valence-electron chi connectivity index (χ4n) is 2.39. The van der Waals surface area contributed by atoms with E-state index in [1.807, 2.05) is 26.0 Å². The van der Waals surface area contributed by atoms with Crippen molar-refractivity contribution >= 4 is 40.9 Å². The fraction of sp³-hybridized carbons (Fsp3) is 0.333. The first-order valence-electron chi connectivity index (χ1n) is 8.92. The Kier molecular flexibility index (Phi) is 8.67. The summed E-state index contributed by atoms with van der Waals surface area (Å²) in [6.07, 6.45) is 0.796. The first-order valence-corrected chi connectivity index (χ1v) is 10.5. The van der Waals surface area contributed by atoms with Crippen molar-refractivity contribution in [2.24, 2.45) is 0 Å². The predicted octanol–water partition coefficient (Wildman–Crippen LogP) is 5.10. The van der Waals surface area contributed by atoms with Crippen LogP contribution in [-0.4, -0.2) is 31.3 Å². The number of ether oxygens (including phenoxy) is 2. The van der Waals surface area contributed by atoms with E-state index in [9.17, 15) is 9.59 Å². The SMILES string of the molecule is CCCOC(=O)c1ccc(CSCC(=O)Nc2cc(C)c(Cl)cc2OC)cc1. The van der Waals surface area contributed by atoms with E-state index in [-0.39, 0.29) is 11.9 Å². The van der Waals surface area contributed by atoms with E-state index in [1.54, 1.807) is 24.3 Å². The maximum Gasteiger partial charge on any atom is 0.338 e. The monoisotopic (exact) mass is 421 g/mol. The highest BCUT2D eigenvalue weighted by Gasteiger charge is 2.11. The minimum atomic E-state index is -0.312. The van der Waals surface area contributed by atoms with Crippen LogP contribution in [0.2, 0.25) is 5.02 Å². The molecule has 0 saturated carbocycles. The Morgan fingerprint density at radius 1 is 1.18 bits per heavy atom. The van der Waals surface area contributed by atoms with Gasteiger partial charge in [-0.05, 0) is 42.7 Å². The van der Waals surface area contributed by atoms with Crippen LogP contribution < -0.4 is 10.1 Å². The third-order valence-corrected chi connectivity index (χ3v) is 5.29. The highest BCUT2D eigenvalue weighted by atomic mass is 35.5. The molecule has 1 N–H and O–H groups in total. The molecular weight excluding hydrogens is 398 g/mol. The first kappa shape index (κ1) is 22.1. The molecule has 0 aliphatic rings. The van der Waals surface area contributed by atoms with Crippen LogP contribution in [0.5, 0.6) is 5.75 Å². The molecule has 0 heterocycles. The number of amides is 1. The molecule has 0 atom stereocenters. The van der Waals surface area contributed by atoms with Crippen LogP contribution in [0.4, 0.5) is 5.69 Å². The molecule has 150 valence electrons. The largest absolute Gasteiger partial charge is 0.495 e. The minimum Gasteiger partial charge on any atom is -0.495 e. The lowest BCUT2D eigenvalue weighted by molar-refractivity contribution is -0.113. The number of hydrogen-bond donors (Lipinski definition) is 1. The van der Waals surface area contributed by atoms with Crippen molar-refractivity contribution in [3.8, 4) is 5.75 Å². The van der Waals surface area contributed by atoms with Gasteiger partial charge in [0.15, 0.2) is 0 Å². The third-order valence-electron chi connectivity index (χ3n) is 3.88. The summed E-state index contributed by atoms with van der Waals surface area (Å²) in [6, 6.07) is 10.7. The zero-order valence-corrected chi connectivity index (χ0v) is 17.8. The Bertz CT molecular complexity index is 824. The number of carbonyl (C=O) groups is 2. The Hall–Kier alpha value is -2.18. The predicted molar refractivity (Wildman–Crippen MR) is 115 cm³/mol. The fourth-order valence-corrected chi connectivity index (χ4v) is 3.33. The first-order chi connectivity index (χ1) is 13.4. The molecule has 0 aliphatic carbocycles. The highest BCUT2D eigenvalue weighted by molar-refractivity contribution is 7.99. The van der Waals surface area contributed by atoms with Crippen LogP contribution in [-0.2, 0) is 15.3 Å². The van der Waals surface area contributed by atoms with E-state index in [0.29, 0.717) is 40.1 Å². The summed E-state index contributed by atoms with van der Waals surface area (Å²) >= 11 is 7.57. The second-order valence-corrected chi connectivity index (χ2v) is 7.57. The average molecular weight is 422 g/mol. The summed E-state index contributed by atoms with van der Waals surface area (Å²) in [5, 5.41) is 3.44. The van der Waals surface area contributed by atoms with Crippen LogP contribution in [0.25, 0.3) is 0 Å². The van der Waals surface area contributed by atoms with Gasteiger partial charge >= 0.3 is 5.97 Å². The van der Waals surface area contributed by atoms with E-state index in [4.69, 9.17) is 21.1 Å². The Morgan fingerprint density at radius 2 is 1.89 bits per heavy atom. The normalized spacial score (nSPS) is 10.4. The number of esters is 1. The van der Waals surface area contributed by atoms with Gasteiger partial charge in [0, 0.05) is 16.8 Å². The number of methoxy groups -OCH3 is 1. The Balaban J connectivity index is 1.84. The average Bonchev–Trinajstić information content (AvgIpc) is 2.69. The van der Waals surface area contributed by atoms with Gasteiger partial charge in [0.1, 0.15) is 5.75 Å². The van der Waals surface area contributed by atoms with Crippen molar-refractivity contribution in [1.82, 2.24) is 0 Å². The van der Waals surface area contributed by atoms with E-state index >= 15 is 0 Å². The maximum atomic E-state index is 12.2. The molecule has 5 nitrogen and oxygen atoms in total. The molecule has 0 bridgehead atoms. The molecule has 0 aromatic heterocycles. The van der Waals surface area contributed by atoms with Crippen molar-refractivity contribution < 1.29 is 19.1 Å². The lowest BCUT2D eigenvalue weighted by Gasteiger charge is -2.12. The van der Waals surface area contributed by atoms with E-state index in [1.165, 1.54) is 18.9 Å². The quantitative estimate of drug-likeness (QED) is 0.571. The summed E-state index contributed by atoms with van der Waals surface area (Å²) < 4.78 is 10.4. The van der Waals surface area contributed by atoms with Crippen molar-refractivity contribution in [2.75, 3.05) is 24.8 Å². The van der Waals surface area contributed by atoms with E-state index in [2.05, 4.69) is 5.32 Å². The molecule has 1 amide bonds. The number of rotatable bonds is 9. The lowest BCUT2D eigenvalue weighted by Crippen LogP contribution is -2.15. The van der Waals surface area contributed by atoms with Crippen LogP contribution in [0.15, 0.2) is 36.4 Å². The molecule has 0 spiro atoms. The van der Waals surface area contributed by atoms with Crippen molar-refractivity contribution in [3.63, 3.8) is 0 Å². The molecule has 0 fully saturated rings. The van der Waals surface area contributed by atoms with Crippen LogP contribution >= 0.6 is 23.4 Å². The van der Waals surface area contributed by atoms with Gasteiger partial charge in [-0.2, -0.15) is 0 Å². The van der Waals surface area contributed by atoms with Gasteiger partial charge in [0.2, 0.25) is 5.91 Å². The molecule has 0 radical (unpaired) electrons. The number of hydrogen-bond acceptors (Lipinski definition) is 5. The number of carbonyl (C=O) groups excluding carboxylic acids is 2. The molecule has 0 unspecified atom stereocenters. The second kappa shape index (κ2) is 11.0. The number of benzene rings is 2. The third kappa shape index (κ3) is 6.46. The van der Waals surface area contributed by atoms with E-state index < -0.39 is 0 Å². The number of halogens is 1. The van der Waals surface area contributed by atoms with Gasteiger partial charge in [-0.3, -0.25) is 4.79 Å². The summed E-state index contributed by atoms with van der Waals surface area (Å²) in [4.78, 5) is 24.0. The number of aryl methyl sites for hydroxylation is 1. The molecule has 2 aromatic carbocycles. The maximum absolute atomic E-state index is 12.2. The molecule has 2 aromatic rings. The number of anilines is 1. The molecule has 0 saturated heterocycles. The van der Waals surface area contributed by atoms with Gasteiger partial charge in [-0.15, -0.1) is 11.8 Å². The van der Waals surface area contributed by atoms with Crippen molar-refractivity contribution in [3.05, 3.63) is 58.1 Å². The van der Waals surface area contributed by atoms with Gasteiger partial charge in [-0.1, -0.05) is 30.7 Å². The Labute approximate surface area is 174 Å².